The summed E-state index contributed by atoms with van der Waals surface area (Å²) >= 11 is 0. The van der Waals surface area contributed by atoms with Crippen LogP contribution >= 0.6 is 0 Å². The van der Waals surface area contributed by atoms with Crippen LogP contribution in [0.1, 0.15) is 39.7 Å². The molecular formula is C21H23F2NO12. The predicted octanol–water partition coefficient (Wildman–Crippen LogP) is 1.99. The number of hydrogen-bond donors (Lipinski definition) is 0. The predicted molar refractivity (Wildman–Crippen MR) is 111 cm³/mol. The Morgan fingerprint density at radius 1 is 0.944 bits per heavy atom. The van der Waals surface area contributed by atoms with Crippen LogP contribution in [0.2, 0.25) is 0 Å². The van der Waals surface area contributed by atoms with Crippen LogP contribution in [0.3, 0.4) is 0 Å². The lowest BCUT2D eigenvalue weighted by molar-refractivity contribution is -0.385. The number of non-ortho nitro benzene ring substituents is 1. The van der Waals surface area contributed by atoms with Gasteiger partial charge in [-0.05, 0) is 6.07 Å². The Balaban J connectivity index is 2.56. The van der Waals surface area contributed by atoms with Gasteiger partial charge in [0.1, 0.15) is 18.5 Å². The number of carbonyl (C=O) groups is 4. The van der Waals surface area contributed by atoms with E-state index >= 15 is 0 Å². The fourth-order valence-electron chi connectivity index (χ4n) is 3.34. The summed E-state index contributed by atoms with van der Waals surface area (Å²) in [6, 6.07) is 2.37. The normalized spacial score (nSPS) is 23.4. The standard InChI is InChI=1S/C21H23F2NO12/c1-9(25)31-8-16-17(32-10(2)26)18(33-11(3)27)19(34-12(4)28)21(36-16)35-15-6-5-13(24(29)30)7-14(15)20(22)23/h5-7,16-21H,8H2,1-4H3. The summed E-state index contributed by atoms with van der Waals surface area (Å²) < 4.78 is 59.0. The molecule has 1 fully saturated rings. The molecule has 1 heterocycles. The van der Waals surface area contributed by atoms with Gasteiger partial charge in [-0.25, -0.2) is 8.78 Å². The van der Waals surface area contributed by atoms with Crippen molar-refractivity contribution in [3.63, 3.8) is 0 Å². The largest absolute Gasteiger partial charge is 0.463 e. The molecular weight excluding hydrogens is 496 g/mol. The molecule has 1 aliphatic heterocycles. The lowest BCUT2D eigenvalue weighted by Crippen LogP contribution is -2.63. The first kappa shape index (κ1) is 28.4. The van der Waals surface area contributed by atoms with Gasteiger partial charge in [0.05, 0.1) is 10.5 Å². The highest BCUT2D eigenvalue weighted by molar-refractivity contribution is 5.68. The minimum absolute atomic E-state index is 0.556. The molecule has 1 aromatic rings. The average Bonchev–Trinajstić information content (AvgIpc) is 2.75. The lowest BCUT2D eigenvalue weighted by Gasteiger charge is -2.44. The van der Waals surface area contributed by atoms with Crippen molar-refractivity contribution in [1.82, 2.24) is 0 Å². The number of carbonyl (C=O) groups excluding carboxylic acids is 4. The van der Waals surface area contributed by atoms with Gasteiger partial charge in [0.25, 0.3) is 12.1 Å². The van der Waals surface area contributed by atoms with Crippen LogP contribution in [0.15, 0.2) is 18.2 Å². The van der Waals surface area contributed by atoms with E-state index in [1.54, 1.807) is 0 Å². The smallest absolute Gasteiger partial charge is 0.303 e. The van der Waals surface area contributed by atoms with Crippen LogP contribution in [-0.4, -0.2) is 66.1 Å². The molecule has 0 aromatic heterocycles. The number of ether oxygens (including phenoxy) is 6. The minimum atomic E-state index is -3.22. The Hall–Kier alpha value is -3.88. The van der Waals surface area contributed by atoms with E-state index in [0.717, 1.165) is 39.8 Å². The van der Waals surface area contributed by atoms with E-state index in [1.807, 2.05) is 0 Å². The Morgan fingerprint density at radius 3 is 2.00 bits per heavy atom. The van der Waals surface area contributed by atoms with Crippen LogP contribution in [0, 0.1) is 10.1 Å². The van der Waals surface area contributed by atoms with Crippen molar-refractivity contribution in [3.05, 3.63) is 33.9 Å². The molecule has 0 bridgehead atoms. The zero-order chi connectivity index (χ0) is 27.2. The van der Waals surface area contributed by atoms with Gasteiger partial charge in [0.2, 0.25) is 12.4 Å². The summed E-state index contributed by atoms with van der Waals surface area (Å²) in [5.41, 5.74) is -1.52. The number of halogens is 2. The summed E-state index contributed by atoms with van der Waals surface area (Å²) in [5, 5.41) is 11.0. The molecule has 15 heteroatoms. The first-order valence-corrected chi connectivity index (χ1v) is 10.3. The monoisotopic (exact) mass is 519 g/mol. The maximum Gasteiger partial charge on any atom is 0.303 e. The fraction of sp³-hybridized carbons (Fsp3) is 0.524. The molecule has 0 aliphatic carbocycles. The summed E-state index contributed by atoms with van der Waals surface area (Å²) in [6.07, 6.45) is -11.1. The molecule has 13 nitrogen and oxygen atoms in total. The number of alkyl halides is 2. The molecule has 0 spiro atoms. The topological polar surface area (TPSA) is 167 Å². The van der Waals surface area contributed by atoms with E-state index in [0.29, 0.717) is 6.07 Å². The first-order valence-electron chi connectivity index (χ1n) is 10.3. The molecule has 0 saturated carbocycles. The van der Waals surface area contributed by atoms with Gasteiger partial charge in [-0.1, -0.05) is 0 Å². The van der Waals surface area contributed by atoms with Crippen molar-refractivity contribution < 1.29 is 61.3 Å². The van der Waals surface area contributed by atoms with E-state index in [4.69, 9.17) is 28.4 Å². The van der Waals surface area contributed by atoms with Gasteiger partial charge in [-0.15, -0.1) is 0 Å². The van der Waals surface area contributed by atoms with Gasteiger partial charge in [0, 0.05) is 39.8 Å². The molecule has 1 aromatic carbocycles. The molecule has 198 valence electrons. The van der Waals surface area contributed by atoms with Gasteiger partial charge >= 0.3 is 23.9 Å². The summed E-state index contributed by atoms with van der Waals surface area (Å²) in [5.74, 6) is -4.00. The van der Waals surface area contributed by atoms with Gasteiger partial charge < -0.3 is 28.4 Å². The molecule has 0 amide bonds. The SMILES string of the molecule is CC(=O)OCC1OC(Oc2ccc([N+](=O)[O-])cc2C(F)F)C(OC(C)=O)C(OC(C)=O)C1OC(C)=O. The Kier molecular flexibility index (Phi) is 9.60. The van der Waals surface area contributed by atoms with E-state index in [9.17, 15) is 38.1 Å². The Morgan fingerprint density at radius 2 is 1.50 bits per heavy atom. The van der Waals surface area contributed by atoms with Gasteiger partial charge in [-0.3, -0.25) is 29.3 Å². The molecule has 0 N–H and O–H groups in total. The number of nitro groups is 1. The highest BCUT2D eigenvalue weighted by Crippen LogP contribution is 2.36. The second kappa shape index (κ2) is 12.2. The van der Waals surface area contributed by atoms with Crippen molar-refractivity contribution in [3.8, 4) is 5.75 Å². The third kappa shape index (κ3) is 7.56. The molecule has 1 aliphatic rings. The van der Waals surface area contributed by atoms with Crippen molar-refractivity contribution >= 4 is 29.6 Å². The lowest BCUT2D eigenvalue weighted by atomic mass is 9.98. The van der Waals surface area contributed by atoms with Crippen molar-refractivity contribution in [2.75, 3.05) is 6.61 Å². The molecule has 0 radical (unpaired) electrons. The average molecular weight is 519 g/mol. The maximum absolute atomic E-state index is 13.7. The maximum atomic E-state index is 13.7. The van der Waals surface area contributed by atoms with Crippen LogP contribution < -0.4 is 4.74 Å². The molecule has 5 atom stereocenters. The van der Waals surface area contributed by atoms with E-state index in [2.05, 4.69) is 0 Å². The number of esters is 4. The Labute approximate surface area is 202 Å². The summed E-state index contributed by atoms with van der Waals surface area (Å²) in [4.78, 5) is 56.8. The number of hydrogen-bond acceptors (Lipinski definition) is 12. The van der Waals surface area contributed by atoms with Crippen LogP contribution in [0.5, 0.6) is 5.75 Å². The second-order valence-corrected chi connectivity index (χ2v) is 7.47. The molecule has 1 saturated heterocycles. The number of rotatable bonds is 9. The van der Waals surface area contributed by atoms with Crippen LogP contribution in [-0.2, 0) is 42.9 Å². The van der Waals surface area contributed by atoms with Crippen LogP contribution in [0.25, 0.3) is 0 Å². The number of nitrogens with zero attached hydrogens (tertiary/aromatic N) is 1. The Bertz CT molecular complexity index is 1020. The number of nitro benzene ring substituents is 1. The van der Waals surface area contributed by atoms with E-state index < -0.39 is 89.5 Å². The summed E-state index contributed by atoms with van der Waals surface area (Å²) in [7, 11) is 0. The van der Waals surface area contributed by atoms with Crippen molar-refractivity contribution in [2.24, 2.45) is 0 Å². The first-order chi connectivity index (χ1) is 16.8. The number of benzene rings is 1. The zero-order valence-electron chi connectivity index (χ0n) is 19.5. The fourth-order valence-corrected chi connectivity index (χ4v) is 3.34. The minimum Gasteiger partial charge on any atom is -0.463 e. The highest BCUT2D eigenvalue weighted by Gasteiger charge is 2.53. The quantitative estimate of drug-likeness (QED) is 0.202. The van der Waals surface area contributed by atoms with Gasteiger partial charge in [0.15, 0.2) is 12.2 Å². The third-order valence-electron chi connectivity index (χ3n) is 4.63. The van der Waals surface area contributed by atoms with Crippen LogP contribution in [0.4, 0.5) is 14.5 Å². The van der Waals surface area contributed by atoms with E-state index in [1.165, 1.54) is 0 Å². The zero-order valence-corrected chi connectivity index (χ0v) is 19.5. The molecule has 2 rings (SSSR count). The van der Waals surface area contributed by atoms with E-state index in [-0.39, 0.29) is 0 Å². The second-order valence-electron chi connectivity index (χ2n) is 7.47. The summed E-state index contributed by atoms with van der Waals surface area (Å²) in [6.45, 7) is 3.55. The van der Waals surface area contributed by atoms with Crippen molar-refractivity contribution in [2.45, 2.75) is 64.8 Å². The molecule has 5 unspecified atom stereocenters. The molecule has 36 heavy (non-hydrogen) atoms. The third-order valence-corrected chi connectivity index (χ3v) is 4.63. The highest BCUT2D eigenvalue weighted by atomic mass is 19.3. The van der Waals surface area contributed by atoms with Crippen molar-refractivity contribution in [1.29, 1.82) is 0 Å². The van der Waals surface area contributed by atoms with Gasteiger partial charge in [-0.2, -0.15) is 0 Å².